The monoisotopic (exact) mass is 390 g/mol. The van der Waals surface area contributed by atoms with Crippen molar-refractivity contribution in [1.82, 2.24) is 0 Å². The summed E-state index contributed by atoms with van der Waals surface area (Å²) >= 11 is 0. The number of anilines is 2. The SMILES string of the molecule is COc1ccc(N[C@H](C)C(=O)Nc2cc3oc4ccccc4c3cc2OC)cc1. The van der Waals surface area contributed by atoms with Gasteiger partial charge in [0.25, 0.3) is 0 Å². The second-order valence-corrected chi connectivity index (χ2v) is 6.73. The maximum atomic E-state index is 12.7. The minimum Gasteiger partial charge on any atom is -0.497 e. The van der Waals surface area contributed by atoms with E-state index in [9.17, 15) is 4.79 Å². The number of carbonyl (C=O) groups excluding carboxylic acids is 1. The smallest absolute Gasteiger partial charge is 0.246 e. The van der Waals surface area contributed by atoms with Crippen LogP contribution < -0.4 is 20.1 Å². The lowest BCUT2D eigenvalue weighted by Crippen LogP contribution is -2.31. The lowest BCUT2D eigenvalue weighted by Gasteiger charge is -2.17. The van der Waals surface area contributed by atoms with Gasteiger partial charge in [0, 0.05) is 22.5 Å². The maximum absolute atomic E-state index is 12.7. The Hall–Kier alpha value is -3.67. The standard InChI is InChI=1S/C23H22N2O4/c1-14(24-15-8-10-16(27-2)11-9-15)23(26)25-19-13-21-18(12-22(19)28-3)17-6-4-5-7-20(17)29-21/h4-14,24H,1-3H3,(H,25,26)/t14-/m1/s1. The third-order valence-electron chi connectivity index (χ3n) is 4.82. The van der Waals surface area contributed by atoms with Crippen molar-refractivity contribution >= 4 is 39.2 Å². The van der Waals surface area contributed by atoms with Gasteiger partial charge in [-0.3, -0.25) is 4.79 Å². The van der Waals surface area contributed by atoms with Gasteiger partial charge in [-0.2, -0.15) is 0 Å². The summed E-state index contributed by atoms with van der Waals surface area (Å²) in [6.07, 6.45) is 0. The van der Waals surface area contributed by atoms with Crippen LogP contribution in [0.15, 0.2) is 65.1 Å². The number of benzene rings is 3. The van der Waals surface area contributed by atoms with Gasteiger partial charge in [0.05, 0.1) is 19.9 Å². The fraction of sp³-hybridized carbons (Fsp3) is 0.174. The van der Waals surface area contributed by atoms with Crippen LogP contribution in [0.1, 0.15) is 6.92 Å². The van der Waals surface area contributed by atoms with Crippen LogP contribution in [0.5, 0.6) is 11.5 Å². The third kappa shape index (κ3) is 3.69. The predicted octanol–water partition coefficient (Wildman–Crippen LogP) is 5.04. The molecular weight excluding hydrogens is 368 g/mol. The topological polar surface area (TPSA) is 72.7 Å². The van der Waals surface area contributed by atoms with Crippen LogP contribution in [-0.2, 0) is 4.79 Å². The number of hydrogen-bond donors (Lipinski definition) is 2. The number of amides is 1. The van der Waals surface area contributed by atoms with E-state index in [1.165, 1.54) is 0 Å². The summed E-state index contributed by atoms with van der Waals surface area (Å²) in [5.74, 6) is 1.15. The third-order valence-corrected chi connectivity index (χ3v) is 4.82. The summed E-state index contributed by atoms with van der Waals surface area (Å²) < 4.78 is 16.6. The van der Waals surface area contributed by atoms with Crippen molar-refractivity contribution < 1.29 is 18.7 Å². The highest BCUT2D eigenvalue weighted by Gasteiger charge is 2.17. The van der Waals surface area contributed by atoms with Crippen LogP contribution in [0.25, 0.3) is 21.9 Å². The summed E-state index contributed by atoms with van der Waals surface area (Å²) in [5.41, 5.74) is 2.88. The lowest BCUT2D eigenvalue weighted by atomic mass is 10.1. The highest BCUT2D eigenvalue weighted by Crippen LogP contribution is 2.36. The largest absolute Gasteiger partial charge is 0.497 e. The number of furan rings is 1. The van der Waals surface area contributed by atoms with Gasteiger partial charge in [0.1, 0.15) is 28.7 Å². The van der Waals surface area contributed by atoms with Crippen molar-refractivity contribution in [2.24, 2.45) is 0 Å². The molecule has 0 unspecified atom stereocenters. The molecule has 0 bridgehead atoms. The summed E-state index contributed by atoms with van der Waals surface area (Å²) in [4.78, 5) is 12.7. The molecule has 0 spiro atoms. The molecule has 6 nitrogen and oxygen atoms in total. The Morgan fingerprint density at radius 3 is 2.41 bits per heavy atom. The van der Waals surface area contributed by atoms with E-state index in [1.54, 1.807) is 27.2 Å². The number of hydrogen-bond acceptors (Lipinski definition) is 5. The van der Waals surface area contributed by atoms with Crippen LogP contribution >= 0.6 is 0 Å². The molecule has 6 heteroatoms. The van der Waals surface area contributed by atoms with E-state index >= 15 is 0 Å². The zero-order valence-electron chi connectivity index (χ0n) is 16.5. The molecule has 0 radical (unpaired) electrons. The van der Waals surface area contributed by atoms with Gasteiger partial charge in [0.2, 0.25) is 5.91 Å². The Morgan fingerprint density at radius 2 is 1.69 bits per heavy atom. The van der Waals surface area contributed by atoms with Crippen molar-refractivity contribution in [2.45, 2.75) is 13.0 Å². The predicted molar refractivity (Wildman–Crippen MR) is 115 cm³/mol. The second kappa shape index (κ2) is 7.75. The Balaban J connectivity index is 1.56. The van der Waals surface area contributed by atoms with E-state index in [0.29, 0.717) is 17.0 Å². The Bertz CT molecular complexity index is 1160. The van der Waals surface area contributed by atoms with Gasteiger partial charge in [-0.15, -0.1) is 0 Å². The first-order chi connectivity index (χ1) is 14.1. The van der Waals surface area contributed by atoms with Gasteiger partial charge in [-0.1, -0.05) is 18.2 Å². The molecule has 4 rings (SSSR count). The quantitative estimate of drug-likeness (QED) is 0.482. The van der Waals surface area contributed by atoms with Gasteiger partial charge in [-0.25, -0.2) is 0 Å². The van der Waals surface area contributed by atoms with E-state index in [4.69, 9.17) is 13.9 Å². The molecule has 0 fully saturated rings. The van der Waals surface area contributed by atoms with Crippen LogP contribution in [0, 0.1) is 0 Å². The van der Waals surface area contributed by atoms with Crippen molar-refractivity contribution in [3.63, 3.8) is 0 Å². The van der Waals surface area contributed by atoms with E-state index in [-0.39, 0.29) is 5.91 Å². The second-order valence-electron chi connectivity index (χ2n) is 6.73. The van der Waals surface area contributed by atoms with E-state index in [2.05, 4.69) is 10.6 Å². The van der Waals surface area contributed by atoms with E-state index in [1.807, 2.05) is 54.6 Å². The molecule has 0 aliphatic rings. The van der Waals surface area contributed by atoms with Crippen molar-refractivity contribution in [2.75, 3.05) is 24.9 Å². The zero-order chi connectivity index (χ0) is 20.4. The Kier molecular flexibility index (Phi) is 4.99. The van der Waals surface area contributed by atoms with Crippen molar-refractivity contribution in [1.29, 1.82) is 0 Å². The number of carbonyl (C=O) groups is 1. The van der Waals surface area contributed by atoms with Crippen molar-refractivity contribution in [3.05, 3.63) is 60.7 Å². The van der Waals surface area contributed by atoms with Crippen LogP contribution in [0.3, 0.4) is 0 Å². The molecule has 29 heavy (non-hydrogen) atoms. The summed E-state index contributed by atoms with van der Waals surface area (Å²) in [6, 6.07) is 18.4. The minimum absolute atomic E-state index is 0.186. The van der Waals surface area contributed by atoms with Gasteiger partial charge in [0.15, 0.2) is 0 Å². The summed E-state index contributed by atoms with van der Waals surface area (Å²) in [6.45, 7) is 1.80. The molecule has 1 amide bonds. The first-order valence-electron chi connectivity index (χ1n) is 9.30. The number of para-hydroxylation sites is 1. The van der Waals surface area contributed by atoms with Crippen LogP contribution in [-0.4, -0.2) is 26.2 Å². The summed E-state index contributed by atoms with van der Waals surface area (Å²) in [7, 11) is 3.20. The van der Waals surface area contributed by atoms with Crippen LogP contribution in [0.4, 0.5) is 11.4 Å². The summed E-state index contributed by atoms with van der Waals surface area (Å²) in [5, 5.41) is 8.06. The van der Waals surface area contributed by atoms with Gasteiger partial charge in [-0.05, 0) is 43.3 Å². The first-order valence-corrected chi connectivity index (χ1v) is 9.30. The first kappa shape index (κ1) is 18.7. The Morgan fingerprint density at radius 1 is 0.931 bits per heavy atom. The van der Waals surface area contributed by atoms with E-state index in [0.717, 1.165) is 27.8 Å². The molecule has 0 aliphatic heterocycles. The van der Waals surface area contributed by atoms with E-state index < -0.39 is 6.04 Å². The number of fused-ring (bicyclic) bond motifs is 3. The Labute approximate surface area is 168 Å². The molecule has 1 heterocycles. The highest BCUT2D eigenvalue weighted by molar-refractivity contribution is 6.08. The molecule has 0 saturated heterocycles. The van der Waals surface area contributed by atoms with Crippen molar-refractivity contribution in [3.8, 4) is 11.5 Å². The highest BCUT2D eigenvalue weighted by atomic mass is 16.5. The maximum Gasteiger partial charge on any atom is 0.246 e. The molecule has 0 aliphatic carbocycles. The van der Waals surface area contributed by atoms with Gasteiger partial charge >= 0.3 is 0 Å². The lowest BCUT2D eigenvalue weighted by molar-refractivity contribution is -0.116. The molecule has 3 aromatic carbocycles. The zero-order valence-corrected chi connectivity index (χ0v) is 16.5. The average Bonchev–Trinajstić information content (AvgIpc) is 3.11. The number of methoxy groups -OCH3 is 2. The molecule has 4 aromatic rings. The molecular formula is C23H22N2O4. The minimum atomic E-state index is -0.459. The molecule has 2 N–H and O–H groups in total. The molecule has 0 saturated carbocycles. The van der Waals surface area contributed by atoms with Crippen LogP contribution in [0.2, 0.25) is 0 Å². The van der Waals surface area contributed by atoms with Gasteiger partial charge < -0.3 is 24.5 Å². The number of ether oxygens (including phenoxy) is 2. The fourth-order valence-corrected chi connectivity index (χ4v) is 3.26. The molecule has 148 valence electrons. The fourth-order valence-electron chi connectivity index (χ4n) is 3.26. The number of nitrogens with one attached hydrogen (secondary N) is 2. The average molecular weight is 390 g/mol. The number of rotatable bonds is 6. The molecule has 1 atom stereocenters. The molecule has 1 aromatic heterocycles. The normalized spacial score (nSPS) is 12.0.